The molecule has 0 aromatic carbocycles. The molecule has 126 valence electrons. The molecule has 0 radical (unpaired) electrons. The van der Waals surface area contributed by atoms with E-state index >= 15 is 0 Å². The average Bonchev–Trinajstić information content (AvgIpc) is 3.29. The summed E-state index contributed by atoms with van der Waals surface area (Å²) in [6.07, 6.45) is 13.5. The highest BCUT2D eigenvalue weighted by Gasteiger charge is 2.23. The lowest BCUT2D eigenvalue weighted by Crippen LogP contribution is -2.36. The van der Waals surface area contributed by atoms with Crippen LogP contribution in [0.1, 0.15) is 24.4 Å². The Bertz CT molecular complexity index is 1000. The van der Waals surface area contributed by atoms with Gasteiger partial charge in [0.15, 0.2) is 0 Å². The van der Waals surface area contributed by atoms with Gasteiger partial charge in [0.05, 0.1) is 18.0 Å². The van der Waals surface area contributed by atoms with Crippen LogP contribution in [0.2, 0.25) is 0 Å². The second kappa shape index (κ2) is 5.93. The Morgan fingerprint density at radius 2 is 2.08 bits per heavy atom. The Hall–Kier alpha value is -2.80. The number of rotatable bonds is 3. The van der Waals surface area contributed by atoms with E-state index in [-0.39, 0.29) is 0 Å². The van der Waals surface area contributed by atoms with Gasteiger partial charge < -0.3 is 9.55 Å². The Kier molecular flexibility index (Phi) is 3.45. The van der Waals surface area contributed by atoms with Crippen LogP contribution in [-0.2, 0) is 6.54 Å². The van der Waals surface area contributed by atoms with Gasteiger partial charge >= 0.3 is 0 Å². The molecule has 4 aromatic rings. The molecule has 1 aliphatic rings. The summed E-state index contributed by atoms with van der Waals surface area (Å²) >= 11 is 0. The number of hydrogen-bond acceptors (Lipinski definition) is 5. The molecule has 1 unspecified atom stereocenters. The molecule has 1 saturated heterocycles. The molecule has 0 spiro atoms. The monoisotopic (exact) mass is 333 g/mol. The first-order chi connectivity index (χ1) is 12.4. The van der Waals surface area contributed by atoms with Crippen molar-refractivity contribution >= 4 is 22.1 Å². The highest BCUT2D eigenvalue weighted by atomic mass is 15.2. The molecular formula is C18H19N7. The maximum absolute atomic E-state index is 4.58. The fourth-order valence-corrected chi connectivity index (χ4v) is 3.88. The van der Waals surface area contributed by atoms with Gasteiger partial charge in [0.1, 0.15) is 17.5 Å². The summed E-state index contributed by atoms with van der Waals surface area (Å²) in [4.78, 5) is 23.0. The molecule has 7 heteroatoms. The van der Waals surface area contributed by atoms with Gasteiger partial charge in [-0.25, -0.2) is 19.9 Å². The second-order valence-corrected chi connectivity index (χ2v) is 6.66. The molecule has 0 aliphatic carbocycles. The van der Waals surface area contributed by atoms with Crippen molar-refractivity contribution in [1.82, 2.24) is 34.4 Å². The van der Waals surface area contributed by atoms with E-state index in [1.165, 1.54) is 18.4 Å². The lowest BCUT2D eigenvalue weighted by molar-refractivity contribution is 0.172. The van der Waals surface area contributed by atoms with Gasteiger partial charge in [-0.05, 0) is 25.5 Å². The van der Waals surface area contributed by atoms with Gasteiger partial charge in [-0.2, -0.15) is 0 Å². The quantitative estimate of drug-likeness (QED) is 0.623. The number of imidazole rings is 1. The Balaban J connectivity index is 1.46. The summed E-state index contributed by atoms with van der Waals surface area (Å²) in [6, 6.07) is 2.51. The highest BCUT2D eigenvalue weighted by molar-refractivity contribution is 6.00. The van der Waals surface area contributed by atoms with Gasteiger partial charge in [0.2, 0.25) is 0 Å². The standard InChI is InChI=1S/C18H19N7/c1-2-14(10-24(5-1)9-13-6-19-11-20-7-13)25-12-23-16-8-22-18-15(17(16)25)3-4-21-18/h3-4,6-8,11-12,14H,1-2,5,9-10H2,(H,21,22). The van der Waals surface area contributed by atoms with Crippen LogP contribution in [0.4, 0.5) is 0 Å². The number of piperidine rings is 1. The minimum Gasteiger partial charge on any atom is -0.346 e. The van der Waals surface area contributed by atoms with Crippen LogP contribution in [0.25, 0.3) is 22.1 Å². The van der Waals surface area contributed by atoms with E-state index in [1.807, 2.05) is 31.1 Å². The molecule has 5 rings (SSSR count). The van der Waals surface area contributed by atoms with Crippen LogP contribution in [0, 0.1) is 0 Å². The summed E-state index contributed by atoms with van der Waals surface area (Å²) in [5.74, 6) is 0. The lowest BCUT2D eigenvalue weighted by atomic mass is 10.0. The first-order valence-corrected chi connectivity index (χ1v) is 8.63. The number of fused-ring (bicyclic) bond motifs is 3. The van der Waals surface area contributed by atoms with E-state index in [1.54, 1.807) is 6.33 Å². The fraction of sp³-hybridized carbons (Fsp3) is 0.333. The molecule has 5 heterocycles. The fourth-order valence-electron chi connectivity index (χ4n) is 3.88. The highest BCUT2D eigenvalue weighted by Crippen LogP contribution is 2.29. The van der Waals surface area contributed by atoms with Crippen LogP contribution in [0.5, 0.6) is 0 Å². The van der Waals surface area contributed by atoms with Crippen molar-refractivity contribution in [1.29, 1.82) is 0 Å². The van der Waals surface area contributed by atoms with Crippen molar-refractivity contribution in [2.24, 2.45) is 0 Å². The zero-order valence-electron chi connectivity index (χ0n) is 13.8. The van der Waals surface area contributed by atoms with Crippen LogP contribution in [-0.4, -0.2) is 47.5 Å². The minimum atomic E-state index is 0.420. The molecule has 25 heavy (non-hydrogen) atoms. The smallest absolute Gasteiger partial charge is 0.139 e. The molecule has 0 saturated carbocycles. The number of nitrogens with one attached hydrogen (secondary N) is 1. The maximum Gasteiger partial charge on any atom is 0.139 e. The lowest BCUT2D eigenvalue weighted by Gasteiger charge is -2.33. The number of likely N-dealkylation sites (tertiary alicyclic amines) is 1. The first-order valence-electron chi connectivity index (χ1n) is 8.63. The Labute approximate surface area is 144 Å². The van der Waals surface area contributed by atoms with Crippen molar-refractivity contribution in [3.05, 3.63) is 49.1 Å². The third kappa shape index (κ3) is 2.56. The van der Waals surface area contributed by atoms with E-state index < -0.39 is 0 Å². The molecule has 1 N–H and O–H groups in total. The van der Waals surface area contributed by atoms with Crippen LogP contribution >= 0.6 is 0 Å². The molecule has 4 aromatic heterocycles. The van der Waals surface area contributed by atoms with Gasteiger partial charge in [-0.3, -0.25) is 4.90 Å². The molecular weight excluding hydrogens is 314 g/mol. The number of H-pyrrole nitrogens is 1. The van der Waals surface area contributed by atoms with Gasteiger partial charge in [-0.1, -0.05) is 0 Å². The number of pyridine rings is 1. The van der Waals surface area contributed by atoms with Crippen molar-refractivity contribution in [3.8, 4) is 0 Å². The van der Waals surface area contributed by atoms with E-state index in [4.69, 9.17) is 0 Å². The van der Waals surface area contributed by atoms with Crippen LogP contribution in [0.15, 0.2) is 43.5 Å². The van der Waals surface area contributed by atoms with Crippen LogP contribution in [0.3, 0.4) is 0 Å². The van der Waals surface area contributed by atoms with Crippen molar-refractivity contribution in [3.63, 3.8) is 0 Å². The predicted octanol–water partition coefficient (Wildman–Crippen LogP) is 2.54. The minimum absolute atomic E-state index is 0.420. The molecule has 1 atom stereocenters. The summed E-state index contributed by atoms with van der Waals surface area (Å²) in [6.45, 7) is 3.01. The van der Waals surface area contributed by atoms with Crippen molar-refractivity contribution in [2.45, 2.75) is 25.4 Å². The normalized spacial score (nSPS) is 19.0. The third-order valence-corrected chi connectivity index (χ3v) is 5.01. The van der Waals surface area contributed by atoms with E-state index in [9.17, 15) is 0 Å². The molecule has 0 amide bonds. The number of hydrogen-bond donors (Lipinski definition) is 1. The molecule has 1 fully saturated rings. The maximum atomic E-state index is 4.58. The third-order valence-electron chi connectivity index (χ3n) is 5.01. The number of aromatic nitrogens is 6. The molecule has 7 nitrogen and oxygen atoms in total. The number of nitrogens with zero attached hydrogens (tertiary/aromatic N) is 6. The zero-order valence-corrected chi connectivity index (χ0v) is 13.8. The van der Waals surface area contributed by atoms with Crippen molar-refractivity contribution < 1.29 is 0 Å². The Morgan fingerprint density at radius 1 is 1.16 bits per heavy atom. The predicted molar refractivity (Wildman–Crippen MR) is 95.0 cm³/mol. The average molecular weight is 333 g/mol. The summed E-state index contributed by atoms with van der Waals surface area (Å²) in [7, 11) is 0. The largest absolute Gasteiger partial charge is 0.346 e. The second-order valence-electron chi connectivity index (χ2n) is 6.66. The molecule has 1 aliphatic heterocycles. The summed E-state index contributed by atoms with van der Waals surface area (Å²) < 4.78 is 2.33. The summed E-state index contributed by atoms with van der Waals surface area (Å²) in [5.41, 5.74) is 4.22. The first kappa shape index (κ1) is 14.5. The van der Waals surface area contributed by atoms with Gasteiger partial charge in [0, 0.05) is 48.7 Å². The van der Waals surface area contributed by atoms with Crippen molar-refractivity contribution in [2.75, 3.05) is 13.1 Å². The van der Waals surface area contributed by atoms with Crippen LogP contribution < -0.4 is 0 Å². The van der Waals surface area contributed by atoms with Gasteiger partial charge in [-0.15, -0.1) is 0 Å². The topological polar surface area (TPSA) is 75.5 Å². The van der Waals surface area contributed by atoms with E-state index in [0.717, 1.165) is 41.7 Å². The Morgan fingerprint density at radius 3 is 3.00 bits per heavy atom. The zero-order chi connectivity index (χ0) is 16.6. The SMILES string of the molecule is c1ncc(CN2CCCC(n3cnc4cnc5[nH]ccc5c43)C2)cn1. The van der Waals surface area contributed by atoms with E-state index in [2.05, 4.69) is 40.5 Å². The summed E-state index contributed by atoms with van der Waals surface area (Å²) in [5, 5.41) is 1.14. The number of aromatic amines is 1. The van der Waals surface area contributed by atoms with Gasteiger partial charge in [0.25, 0.3) is 0 Å². The van der Waals surface area contributed by atoms with E-state index in [0.29, 0.717) is 6.04 Å². The molecule has 0 bridgehead atoms.